The SMILES string of the molecule is Nc1sc(C2CC2)nc1-c1cc(Br)c2c(c1)OCO2. The van der Waals surface area contributed by atoms with E-state index in [2.05, 4.69) is 20.9 Å². The molecular weight excluding hydrogens is 328 g/mol. The van der Waals surface area contributed by atoms with E-state index in [9.17, 15) is 0 Å². The minimum atomic E-state index is 0.261. The van der Waals surface area contributed by atoms with Crippen molar-refractivity contribution >= 4 is 32.3 Å². The van der Waals surface area contributed by atoms with Gasteiger partial charge in [-0.3, -0.25) is 0 Å². The third kappa shape index (κ3) is 1.90. The predicted molar refractivity (Wildman–Crippen MR) is 77.8 cm³/mol. The number of benzene rings is 1. The van der Waals surface area contributed by atoms with Crippen molar-refractivity contribution in [1.82, 2.24) is 4.98 Å². The summed E-state index contributed by atoms with van der Waals surface area (Å²) in [6.45, 7) is 0.261. The van der Waals surface area contributed by atoms with Gasteiger partial charge < -0.3 is 15.2 Å². The van der Waals surface area contributed by atoms with Crippen LogP contribution >= 0.6 is 27.3 Å². The Bertz CT molecular complexity index is 667. The van der Waals surface area contributed by atoms with Crippen LogP contribution in [0.5, 0.6) is 11.5 Å². The average Bonchev–Trinajstić information content (AvgIpc) is 2.99. The quantitative estimate of drug-likeness (QED) is 0.905. The van der Waals surface area contributed by atoms with Crippen molar-refractivity contribution in [2.24, 2.45) is 0 Å². The van der Waals surface area contributed by atoms with E-state index in [1.54, 1.807) is 11.3 Å². The highest BCUT2D eigenvalue weighted by Gasteiger charge is 2.29. The lowest BCUT2D eigenvalue weighted by Crippen LogP contribution is -1.93. The number of aromatic nitrogens is 1. The normalized spacial score (nSPS) is 16.9. The summed E-state index contributed by atoms with van der Waals surface area (Å²) in [7, 11) is 0. The Labute approximate surface area is 122 Å². The van der Waals surface area contributed by atoms with Crippen LogP contribution in [0.3, 0.4) is 0 Å². The Balaban J connectivity index is 1.81. The van der Waals surface area contributed by atoms with Crippen molar-refractivity contribution in [2.45, 2.75) is 18.8 Å². The maximum Gasteiger partial charge on any atom is 0.231 e. The topological polar surface area (TPSA) is 57.4 Å². The third-order valence-electron chi connectivity index (χ3n) is 3.30. The summed E-state index contributed by atoms with van der Waals surface area (Å²) >= 11 is 5.10. The Morgan fingerprint density at radius 2 is 2.16 bits per heavy atom. The Hall–Kier alpha value is -1.27. The number of rotatable bonds is 2. The lowest BCUT2D eigenvalue weighted by atomic mass is 10.1. The summed E-state index contributed by atoms with van der Waals surface area (Å²) < 4.78 is 11.7. The lowest BCUT2D eigenvalue weighted by molar-refractivity contribution is 0.173. The molecule has 1 aromatic carbocycles. The van der Waals surface area contributed by atoms with Crippen LogP contribution in [0.2, 0.25) is 0 Å². The van der Waals surface area contributed by atoms with Crippen molar-refractivity contribution in [2.75, 3.05) is 12.5 Å². The second-order valence-corrected chi connectivity index (χ2v) is 6.65. The van der Waals surface area contributed by atoms with Crippen molar-refractivity contribution < 1.29 is 9.47 Å². The average molecular weight is 339 g/mol. The molecule has 1 saturated carbocycles. The number of halogens is 1. The van der Waals surface area contributed by atoms with Crippen LogP contribution in [0, 0.1) is 0 Å². The van der Waals surface area contributed by atoms with Gasteiger partial charge in [0.2, 0.25) is 6.79 Å². The summed E-state index contributed by atoms with van der Waals surface area (Å²) in [5.74, 6) is 2.11. The zero-order chi connectivity index (χ0) is 13.0. The van der Waals surface area contributed by atoms with Gasteiger partial charge in [0.1, 0.15) is 10.7 Å². The van der Waals surface area contributed by atoms with Gasteiger partial charge in [-0.1, -0.05) is 0 Å². The van der Waals surface area contributed by atoms with Gasteiger partial charge in [0.15, 0.2) is 11.5 Å². The molecule has 1 aromatic heterocycles. The van der Waals surface area contributed by atoms with Crippen LogP contribution in [0.15, 0.2) is 16.6 Å². The maximum atomic E-state index is 6.10. The van der Waals surface area contributed by atoms with Crippen LogP contribution in [0.1, 0.15) is 23.8 Å². The molecule has 0 bridgehead atoms. The fourth-order valence-electron chi connectivity index (χ4n) is 2.16. The number of hydrogen-bond acceptors (Lipinski definition) is 5. The van der Waals surface area contributed by atoms with E-state index in [1.807, 2.05) is 12.1 Å². The van der Waals surface area contributed by atoms with Crippen LogP contribution < -0.4 is 15.2 Å². The van der Waals surface area contributed by atoms with Gasteiger partial charge in [-0.2, -0.15) is 0 Å². The molecule has 1 aliphatic carbocycles. The van der Waals surface area contributed by atoms with E-state index in [0.29, 0.717) is 5.92 Å². The van der Waals surface area contributed by atoms with Crippen molar-refractivity contribution in [3.05, 3.63) is 21.6 Å². The molecule has 2 aromatic rings. The van der Waals surface area contributed by atoms with E-state index in [1.165, 1.54) is 12.8 Å². The van der Waals surface area contributed by atoms with Crippen molar-refractivity contribution in [3.63, 3.8) is 0 Å². The molecule has 1 fully saturated rings. The fraction of sp³-hybridized carbons (Fsp3) is 0.308. The first-order chi connectivity index (χ1) is 9.22. The molecule has 0 saturated heterocycles. The summed E-state index contributed by atoms with van der Waals surface area (Å²) in [6, 6.07) is 3.92. The van der Waals surface area contributed by atoms with Gasteiger partial charge in [-0.05, 0) is 40.9 Å². The lowest BCUT2D eigenvalue weighted by Gasteiger charge is -2.03. The van der Waals surface area contributed by atoms with E-state index in [-0.39, 0.29) is 6.79 Å². The first-order valence-corrected chi connectivity index (χ1v) is 7.69. The van der Waals surface area contributed by atoms with Gasteiger partial charge in [0.05, 0.1) is 9.48 Å². The van der Waals surface area contributed by atoms with Crippen LogP contribution in [0.25, 0.3) is 11.3 Å². The fourth-order valence-corrected chi connectivity index (χ4v) is 3.75. The van der Waals surface area contributed by atoms with Crippen molar-refractivity contribution in [1.29, 1.82) is 0 Å². The van der Waals surface area contributed by atoms with Crippen molar-refractivity contribution in [3.8, 4) is 22.8 Å². The van der Waals surface area contributed by atoms with Gasteiger partial charge in [0, 0.05) is 11.5 Å². The summed E-state index contributed by atoms with van der Waals surface area (Å²) in [4.78, 5) is 4.68. The number of hydrogen-bond donors (Lipinski definition) is 1. The molecule has 4 nitrogen and oxygen atoms in total. The van der Waals surface area contributed by atoms with Crippen LogP contribution in [-0.4, -0.2) is 11.8 Å². The van der Waals surface area contributed by atoms with Gasteiger partial charge in [-0.25, -0.2) is 4.98 Å². The first-order valence-electron chi connectivity index (χ1n) is 6.08. The molecule has 0 atom stereocenters. The van der Waals surface area contributed by atoms with E-state index >= 15 is 0 Å². The number of anilines is 1. The molecule has 0 radical (unpaired) electrons. The summed E-state index contributed by atoms with van der Waals surface area (Å²) in [5, 5.41) is 1.92. The molecule has 98 valence electrons. The molecular formula is C13H11BrN2O2S. The number of thiazole rings is 1. The Kier molecular flexibility index (Phi) is 2.50. The number of ether oxygens (including phenoxy) is 2. The van der Waals surface area contributed by atoms with Gasteiger partial charge in [0.25, 0.3) is 0 Å². The summed E-state index contributed by atoms with van der Waals surface area (Å²) in [6.07, 6.45) is 2.47. The van der Waals surface area contributed by atoms with Gasteiger partial charge >= 0.3 is 0 Å². The predicted octanol–water partition coefficient (Wildman–Crippen LogP) is 3.76. The number of nitrogen functional groups attached to an aromatic ring is 1. The molecule has 2 N–H and O–H groups in total. The molecule has 6 heteroatoms. The zero-order valence-corrected chi connectivity index (χ0v) is 12.4. The number of fused-ring (bicyclic) bond motifs is 1. The molecule has 0 spiro atoms. The minimum absolute atomic E-state index is 0.261. The minimum Gasteiger partial charge on any atom is -0.454 e. The number of nitrogens with two attached hydrogens (primary N) is 1. The second-order valence-electron chi connectivity index (χ2n) is 4.73. The Morgan fingerprint density at radius 1 is 1.32 bits per heavy atom. The van der Waals surface area contributed by atoms with E-state index in [4.69, 9.17) is 15.2 Å². The zero-order valence-electron chi connectivity index (χ0n) is 9.98. The van der Waals surface area contributed by atoms with Gasteiger partial charge in [-0.15, -0.1) is 11.3 Å². The maximum absolute atomic E-state index is 6.10. The van der Waals surface area contributed by atoms with E-state index in [0.717, 1.165) is 37.2 Å². The highest BCUT2D eigenvalue weighted by molar-refractivity contribution is 9.10. The molecule has 19 heavy (non-hydrogen) atoms. The van der Waals surface area contributed by atoms with Crippen LogP contribution in [0.4, 0.5) is 5.00 Å². The summed E-state index contributed by atoms with van der Waals surface area (Å²) in [5.41, 5.74) is 7.92. The van der Waals surface area contributed by atoms with E-state index < -0.39 is 0 Å². The second kappa shape index (κ2) is 4.11. The Morgan fingerprint density at radius 3 is 2.95 bits per heavy atom. The standard InChI is InChI=1S/C13H11BrN2O2S/c14-8-3-7(4-9-11(8)18-5-17-9)10-12(15)19-13(16-10)6-1-2-6/h3-4,6H,1-2,5,15H2. The van der Waals surface area contributed by atoms with Crippen LogP contribution in [-0.2, 0) is 0 Å². The third-order valence-corrected chi connectivity index (χ3v) is 4.93. The smallest absolute Gasteiger partial charge is 0.231 e. The molecule has 1 aliphatic heterocycles. The largest absolute Gasteiger partial charge is 0.454 e. The highest BCUT2D eigenvalue weighted by atomic mass is 79.9. The molecule has 2 aliphatic rings. The molecule has 2 heterocycles. The first kappa shape index (κ1) is 11.5. The molecule has 0 amide bonds. The monoisotopic (exact) mass is 338 g/mol. The number of nitrogens with zero attached hydrogens (tertiary/aromatic N) is 1. The highest BCUT2D eigenvalue weighted by Crippen LogP contribution is 2.47. The molecule has 0 unspecified atom stereocenters. The molecule has 4 rings (SSSR count).